The monoisotopic (exact) mass is 289 g/mol. The Morgan fingerprint density at radius 2 is 2.10 bits per heavy atom. The molecule has 2 aromatic rings. The van der Waals surface area contributed by atoms with Crippen molar-refractivity contribution in [3.63, 3.8) is 0 Å². The fourth-order valence-electron chi connectivity index (χ4n) is 1.87. The molecule has 3 N–H and O–H groups in total. The number of phenols is 1. The lowest BCUT2D eigenvalue weighted by molar-refractivity contribution is -0.671. The van der Waals surface area contributed by atoms with Gasteiger partial charge in [-0.1, -0.05) is 0 Å². The first-order valence-electron chi connectivity index (χ1n) is 6.35. The molecule has 0 atom stereocenters. The van der Waals surface area contributed by atoms with Gasteiger partial charge in [-0.2, -0.15) is 0 Å². The van der Waals surface area contributed by atoms with Crippen LogP contribution in [-0.2, 0) is 23.2 Å². The number of nitrogens with one attached hydrogen (secondary N) is 2. The molecule has 0 aliphatic carbocycles. The molecule has 0 aliphatic rings. The Morgan fingerprint density at radius 3 is 2.67 bits per heavy atom. The highest BCUT2D eigenvalue weighted by molar-refractivity contribution is 5.93. The first-order chi connectivity index (χ1) is 9.94. The van der Waals surface area contributed by atoms with Crippen LogP contribution >= 0.6 is 0 Å². The molecule has 7 nitrogen and oxygen atoms in total. The molecule has 2 rings (SSSR count). The normalized spacial score (nSPS) is 10.2. The van der Waals surface area contributed by atoms with Crippen molar-refractivity contribution in [2.75, 3.05) is 10.6 Å². The van der Waals surface area contributed by atoms with Crippen molar-refractivity contribution in [1.29, 1.82) is 0 Å². The van der Waals surface area contributed by atoms with Gasteiger partial charge in [0, 0.05) is 18.7 Å². The first kappa shape index (κ1) is 14.6. The maximum atomic E-state index is 11.9. The van der Waals surface area contributed by atoms with E-state index < -0.39 is 0 Å². The van der Waals surface area contributed by atoms with E-state index in [1.165, 1.54) is 19.1 Å². The van der Waals surface area contributed by atoms with Crippen LogP contribution in [0.5, 0.6) is 5.75 Å². The summed E-state index contributed by atoms with van der Waals surface area (Å²) in [6, 6.07) is 4.53. The van der Waals surface area contributed by atoms with Gasteiger partial charge in [-0.3, -0.25) is 9.59 Å². The molecule has 0 saturated heterocycles. The molecule has 21 heavy (non-hydrogen) atoms. The molecule has 0 unspecified atom stereocenters. The molecule has 1 aromatic heterocycles. The number of aromatic hydroxyl groups is 1. The Kier molecular flexibility index (Phi) is 4.22. The Morgan fingerprint density at radius 1 is 1.33 bits per heavy atom. The number of phenolic OH excluding ortho intramolecular Hbond substituents is 1. The van der Waals surface area contributed by atoms with E-state index in [0.29, 0.717) is 11.4 Å². The SMILES string of the molecule is CC(=O)Nc1ccc(NC(=O)Cn2cc[n+](C)c2)cc1O. The highest BCUT2D eigenvalue weighted by atomic mass is 16.3. The van der Waals surface area contributed by atoms with Crippen molar-refractivity contribution in [1.82, 2.24) is 4.57 Å². The van der Waals surface area contributed by atoms with Gasteiger partial charge in [0.2, 0.25) is 12.2 Å². The maximum Gasteiger partial charge on any atom is 0.266 e. The van der Waals surface area contributed by atoms with E-state index in [4.69, 9.17) is 0 Å². The number of carbonyl (C=O) groups excluding carboxylic acids is 2. The summed E-state index contributed by atoms with van der Waals surface area (Å²) >= 11 is 0. The summed E-state index contributed by atoms with van der Waals surface area (Å²) in [6.07, 6.45) is 5.41. The number of rotatable bonds is 4. The number of amides is 2. The molecule has 0 radical (unpaired) electrons. The number of carbonyl (C=O) groups is 2. The highest BCUT2D eigenvalue weighted by Gasteiger charge is 2.10. The molecular formula is C14H17N4O3+. The van der Waals surface area contributed by atoms with Gasteiger partial charge >= 0.3 is 0 Å². The van der Waals surface area contributed by atoms with E-state index >= 15 is 0 Å². The zero-order valence-electron chi connectivity index (χ0n) is 11.8. The minimum atomic E-state index is -0.275. The van der Waals surface area contributed by atoms with E-state index in [-0.39, 0.29) is 24.1 Å². The van der Waals surface area contributed by atoms with E-state index in [1.807, 2.05) is 17.8 Å². The minimum absolute atomic E-state index is 0.102. The number of aryl methyl sites for hydroxylation is 1. The number of hydrogen-bond acceptors (Lipinski definition) is 3. The summed E-state index contributed by atoms with van der Waals surface area (Å²) in [5.74, 6) is -0.587. The van der Waals surface area contributed by atoms with Gasteiger partial charge in [-0.25, -0.2) is 9.13 Å². The van der Waals surface area contributed by atoms with E-state index in [1.54, 1.807) is 23.2 Å². The molecule has 0 spiro atoms. The van der Waals surface area contributed by atoms with Crippen LogP contribution in [0.2, 0.25) is 0 Å². The van der Waals surface area contributed by atoms with E-state index in [9.17, 15) is 14.7 Å². The molecule has 1 aromatic carbocycles. The van der Waals surface area contributed by atoms with Crippen LogP contribution in [0.3, 0.4) is 0 Å². The fourth-order valence-corrected chi connectivity index (χ4v) is 1.87. The fraction of sp³-hybridized carbons (Fsp3) is 0.214. The molecule has 0 bridgehead atoms. The van der Waals surface area contributed by atoms with Crippen molar-refractivity contribution in [2.24, 2.45) is 7.05 Å². The Bertz CT molecular complexity index is 679. The third-order valence-electron chi connectivity index (χ3n) is 2.74. The predicted molar refractivity (Wildman–Crippen MR) is 76.6 cm³/mol. The maximum absolute atomic E-state index is 11.9. The second-order valence-corrected chi connectivity index (χ2v) is 4.71. The van der Waals surface area contributed by atoms with Crippen molar-refractivity contribution in [3.05, 3.63) is 36.9 Å². The smallest absolute Gasteiger partial charge is 0.266 e. The average Bonchev–Trinajstić information content (AvgIpc) is 2.77. The number of benzene rings is 1. The lowest BCUT2D eigenvalue weighted by Gasteiger charge is -2.08. The molecule has 7 heteroatoms. The number of anilines is 2. The Labute approximate surface area is 121 Å². The highest BCUT2D eigenvalue weighted by Crippen LogP contribution is 2.26. The van der Waals surface area contributed by atoms with Gasteiger partial charge in [0.05, 0.1) is 12.7 Å². The van der Waals surface area contributed by atoms with Crippen LogP contribution in [-0.4, -0.2) is 21.5 Å². The van der Waals surface area contributed by atoms with Crippen LogP contribution in [0.1, 0.15) is 6.92 Å². The summed E-state index contributed by atoms with van der Waals surface area (Å²) in [7, 11) is 1.87. The summed E-state index contributed by atoms with van der Waals surface area (Å²) in [6.45, 7) is 1.53. The topological polar surface area (TPSA) is 87.2 Å². The molecular weight excluding hydrogens is 272 g/mol. The van der Waals surface area contributed by atoms with Crippen LogP contribution < -0.4 is 15.2 Å². The summed E-state index contributed by atoms with van der Waals surface area (Å²) in [5, 5.41) is 14.9. The van der Waals surface area contributed by atoms with Gasteiger partial charge in [0.1, 0.15) is 18.1 Å². The number of imidazole rings is 1. The molecule has 0 fully saturated rings. The van der Waals surface area contributed by atoms with Crippen LogP contribution in [0.4, 0.5) is 11.4 Å². The zero-order valence-corrected chi connectivity index (χ0v) is 11.8. The van der Waals surface area contributed by atoms with Gasteiger partial charge in [-0.15, -0.1) is 0 Å². The second kappa shape index (κ2) is 6.08. The lowest BCUT2D eigenvalue weighted by Crippen LogP contribution is -2.25. The van der Waals surface area contributed by atoms with Crippen LogP contribution in [0, 0.1) is 0 Å². The number of nitrogens with zero attached hydrogens (tertiary/aromatic N) is 2. The molecule has 2 amide bonds. The van der Waals surface area contributed by atoms with Gasteiger partial charge in [-0.05, 0) is 12.1 Å². The molecule has 1 heterocycles. The van der Waals surface area contributed by atoms with Crippen molar-refractivity contribution >= 4 is 23.2 Å². The standard InChI is InChI=1S/C14H16N4O3/c1-10(19)15-12-4-3-11(7-13(12)20)16-14(21)8-18-6-5-17(2)9-18/h3-7,9H,8H2,1-2H3,(H2-,15,16,19,20,21)/p+1. The van der Waals surface area contributed by atoms with Crippen LogP contribution in [0.25, 0.3) is 0 Å². The summed E-state index contributed by atoms with van der Waals surface area (Å²) < 4.78 is 3.57. The predicted octanol–water partition coefficient (Wildman–Crippen LogP) is 0.615. The minimum Gasteiger partial charge on any atom is -0.506 e. The third kappa shape index (κ3) is 4.07. The Hall–Kier alpha value is -2.83. The lowest BCUT2D eigenvalue weighted by atomic mass is 10.2. The number of aromatic nitrogens is 2. The molecule has 110 valence electrons. The van der Waals surface area contributed by atoms with E-state index in [2.05, 4.69) is 10.6 Å². The average molecular weight is 289 g/mol. The largest absolute Gasteiger partial charge is 0.506 e. The van der Waals surface area contributed by atoms with Gasteiger partial charge in [0.25, 0.3) is 5.91 Å². The van der Waals surface area contributed by atoms with Crippen molar-refractivity contribution in [3.8, 4) is 5.75 Å². The van der Waals surface area contributed by atoms with Crippen molar-refractivity contribution in [2.45, 2.75) is 13.5 Å². The summed E-state index contributed by atoms with van der Waals surface area (Å²) in [4.78, 5) is 22.8. The van der Waals surface area contributed by atoms with Crippen LogP contribution in [0.15, 0.2) is 36.9 Å². The Balaban J connectivity index is 2.01. The first-order valence-corrected chi connectivity index (χ1v) is 6.35. The molecule has 0 saturated carbocycles. The number of hydrogen-bond donors (Lipinski definition) is 3. The third-order valence-corrected chi connectivity index (χ3v) is 2.74. The van der Waals surface area contributed by atoms with Gasteiger partial charge < -0.3 is 15.7 Å². The van der Waals surface area contributed by atoms with Crippen molar-refractivity contribution < 1.29 is 19.3 Å². The summed E-state index contributed by atoms with van der Waals surface area (Å²) in [5.41, 5.74) is 0.765. The second-order valence-electron chi connectivity index (χ2n) is 4.71. The zero-order chi connectivity index (χ0) is 15.4. The van der Waals surface area contributed by atoms with Gasteiger partial charge in [0.15, 0.2) is 6.54 Å². The van der Waals surface area contributed by atoms with E-state index in [0.717, 1.165) is 0 Å². The molecule has 0 aliphatic heterocycles. The quantitative estimate of drug-likeness (QED) is 0.569.